The molecule has 3 heterocycles. The summed E-state index contributed by atoms with van der Waals surface area (Å²) in [6.45, 7) is 0.324. The molecule has 2 aliphatic carbocycles. The maximum atomic E-state index is 13.5. The Bertz CT molecular complexity index is 2590. The minimum atomic E-state index is -3.29. The number of ether oxygens (including phenoxy) is 2. The molecule has 2 atom stereocenters. The molecule has 0 radical (unpaired) electrons. The molecule has 0 bridgehead atoms. The van der Waals surface area contributed by atoms with Crippen LogP contribution >= 0.6 is 11.3 Å². The van der Waals surface area contributed by atoms with Gasteiger partial charge in [0.1, 0.15) is 11.6 Å². The first kappa shape index (κ1) is 41.1. The van der Waals surface area contributed by atoms with E-state index in [0.717, 1.165) is 54.4 Å². The molecule has 2 aliphatic heterocycles. The number of nitrogens with two attached hydrogens (primary N) is 1. The maximum Gasteiger partial charge on any atom is 0.288 e. The van der Waals surface area contributed by atoms with Crippen LogP contribution in [-0.2, 0) is 48.3 Å². The molecule has 2 unspecified atom stereocenters. The summed E-state index contributed by atoms with van der Waals surface area (Å²) in [5.41, 5.74) is 16.4. The van der Waals surface area contributed by atoms with Crippen LogP contribution in [0.15, 0.2) is 121 Å². The summed E-state index contributed by atoms with van der Waals surface area (Å²) < 4.78 is 47.2. The van der Waals surface area contributed by atoms with Crippen LogP contribution in [0, 0.1) is 5.82 Å². The number of halogens is 1. The normalized spacial score (nSPS) is 18.4. The van der Waals surface area contributed by atoms with Crippen molar-refractivity contribution in [2.24, 2.45) is 5.73 Å². The van der Waals surface area contributed by atoms with Crippen LogP contribution in [0.25, 0.3) is 33.2 Å². The number of fused-ring (bicyclic) bond motifs is 5. The van der Waals surface area contributed by atoms with Crippen LogP contribution in [0.4, 0.5) is 10.1 Å². The van der Waals surface area contributed by atoms with Gasteiger partial charge < -0.3 is 15.2 Å². The molecule has 1 fully saturated rings. The van der Waals surface area contributed by atoms with Crippen LogP contribution in [0.3, 0.4) is 0 Å². The zero-order valence-corrected chi connectivity index (χ0v) is 34.6. The van der Waals surface area contributed by atoms with Crippen molar-refractivity contribution >= 4 is 50.3 Å². The number of aryl methyl sites for hydroxylation is 1. The lowest BCUT2D eigenvalue weighted by Gasteiger charge is -2.29. The van der Waals surface area contributed by atoms with Crippen molar-refractivity contribution < 1.29 is 36.7 Å². The van der Waals surface area contributed by atoms with Gasteiger partial charge in [0.25, 0.3) is 5.91 Å². The van der Waals surface area contributed by atoms with Gasteiger partial charge in [-0.3, -0.25) is 9.59 Å². The molecule has 308 valence electrons. The summed E-state index contributed by atoms with van der Waals surface area (Å²) in [7, 11) is -3.29. The molecule has 12 heteroatoms. The van der Waals surface area contributed by atoms with Gasteiger partial charge in [-0.1, -0.05) is 72.8 Å². The quantitative estimate of drug-likeness (QED) is 0.139. The maximum absolute atomic E-state index is 13.5. The van der Waals surface area contributed by atoms with Crippen LogP contribution in [0.5, 0.6) is 5.75 Å². The van der Waals surface area contributed by atoms with E-state index in [2.05, 4.69) is 60.7 Å². The van der Waals surface area contributed by atoms with E-state index in [0.29, 0.717) is 24.5 Å². The number of rotatable bonds is 10. The lowest BCUT2D eigenvalue weighted by molar-refractivity contribution is -0.178. The molecule has 9 rings (SSSR count). The molecule has 1 saturated heterocycles. The van der Waals surface area contributed by atoms with Gasteiger partial charge in [0.05, 0.1) is 10.9 Å². The largest absolute Gasteiger partial charge is 0.484 e. The molecule has 2 N–H and O–H groups in total. The number of carbonyl (C=O) groups excluding carboxylic acids is 2. The first-order chi connectivity index (χ1) is 29.1. The third-order valence-electron chi connectivity index (χ3n) is 11.0. The van der Waals surface area contributed by atoms with Gasteiger partial charge in [0.15, 0.2) is 22.7 Å². The van der Waals surface area contributed by atoms with E-state index in [9.17, 15) is 22.4 Å². The Balaban J connectivity index is 0.000000360. The molecule has 0 spiro atoms. The molecule has 60 heavy (non-hydrogen) atoms. The van der Waals surface area contributed by atoms with Crippen LogP contribution in [0.2, 0.25) is 0 Å². The van der Waals surface area contributed by atoms with Gasteiger partial charge in [0.2, 0.25) is 5.91 Å². The number of anilines is 1. The van der Waals surface area contributed by atoms with E-state index in [1.807, 2.05) is 18.2 Å². The Kier molecular flexibility index (Phi) is 12.5. The van der Waals surface area contributed by atoms with E-state index >= 15 is 0 Å². The smallest absolute Gasteiger partial charge is 0.288 e. The number of nitrogens with zero attached hydrogens (tertiary/aromatic N) is 1. The highest BCUT2D eigenvalue weighted by Gasteiger charge is 2.27. The van der Waals surface area contributed by atoms with Gasteiger partial charge in [-0.05, 0) is 132 Å². The molecular formula is C48H45FN2O7S2. The van der Waals surface area contributed by atoms with Crippen molar-refractivity contribution in [3.63, 3.8) is 0 Å². The van der Waals surface area contributed by atoms with E-state index in [1.165, 1.54) is 85.3 Å². The van der Waals surface area contributed by atoms with Crippen molar-refractivity contribution in [2.45, 2.75) is 62.9 Å². The fourth-order valence-corrected chi connectivity index (χ4v) is 10.2. The number of primary amides is 1. The minimum absolute atomic E-state index is 0.150. The third kappa shape index (κ3) is 9.53. The second kappa shape index (κ2) is 18.3. The monoisotopic (exact) mass is 844 g/mol. The highest BCUT2D eigenvalue weighted by molar-refractivity contribution is 7.95. The number of amides is 2. The summed E-state index contributed by atoms with van der Waals surface area (Å²) in [6.07, 6.45) is 13.1. The molecule has 4 aliphatic rings. The van der Waals surface area contributed by atoms with Crippen molar-refractivity contribution in [1.29, 1.82) is 0 Å². The van der Waals surface area contributed by atoms with Crippen molar-refractivity contribution in [2.75, 3.05) is 18.3 Å². The van der Waals surface area contributed by atoms with Crippen LogP contribution in [-0.4, -0.2) is 45.0 Å². The second-order valence-electron chi connectivity index (χ2n) is 15.0. The average Bonchev–Trinajstić information content (AvgIpc) is 3.77. The Labute approximate surface area is 353 Å². The lowest BCUT2D eigenvalue weighted by atomic mass is 9.78. The molecule has 2 amide bonds. The fourth-order valence-electron chi connectivity index (χ4n) is 7.95. The van der Waals surface area contributed by atoms with E-state index in [1.54, 1.807) is 17.4 Å². The highest BCUT2D eigenvalue weighted by Crippen LogP contribution is 2.42. The third-order valence-corrected chi connectivity index (χ3v) is 13.9. The zero-order chi connectivity index (χ0) is 41.6. The molecule has 1 aromatic heterocycles. The summed E-state index contributed by atoms with van der Waals surface area (Å²) in [6, 6.07) is 31.2. The molecular weight excluding hydrogens is 800 g/mol. The Morgan fingerprint density at radius 1 is 0.850 bits per heavy atom. The minimum Gasteiger partial charge on any atom is -0.484 e. The van der Waals surface area contributed by atoms with E-state index < -0.39 is 27.3 Å². The molecule has 0 saturated carbocycles. The highest BCUT2D eigenvalue weighted by atomic mass is 32.2. The number of benzene rings is 4. The number of thiophene rings is 1. The second-order valence-corrected chi connectivity index (χ2v) is 18.2. The Morgan fingerprint density at radius 3 is 2.47 bits per heavy atom. The standard InChI is InChI=1S/C41H36FNO4S.C7H9NO3S/c42-31-14-16-33(17-15-31)46-26-40(44)43(47-41-10-3-4-23-45-41)32-8-5-7-29(25-32)38-21-22-39(48-38)30-13-18-35-28(24-30)12-20-36-34-9-2-1-6-27(34)11-19-37(35)36;8-7(9)5-6-3-1-2-4-12(6,10)11/h1-2,5-9,12,14-17,20-22,24-25,41H,3-4,10-11,13,18-19,23,26H2;1-4,6H,5H2,(H2,8,9). The van der Waals surface area contributed by atoms with Gasteiger partial charge in [-0.2, -0.15) is 5.06 Å². The van der Waals surface area contributed by atoms with Gasteiger partial charge in [-0.25, -0.2) is 17.6 Å². The van der Waals surface area contributed by atoms with Gasteiger partial charge in [-0.15, -0.1) is 11.3 Å². The number of hydrogen-bond acceptors (Lipinski definition) is 8. The predicted molar refractivity (Wildman–Crippen MR) is 234 cm³/mol. The van der Waals surface area contributed by atoms with E-state index in [4.69, 9.17) is 20.0 Å². The molecule has 9 nitrogen and oxygen atoms in total. The topological polar surface area (TPSA) is 125 Å². The van der Waals surface area contributed by atoms with Crippen molar-refractivity contribution in [3.8, 4) is 27.3 Å². The van der Waals surface area contributed by atoms with Crippen LogP contribution in [0.1, 0.15) is 59.2 Å². The predicted octanol–water partition coefficient (Wildman–Crippen LogP) is 9.41. The number of hydroxylamine groups is 1. The van der Waals surface area contributed by atoms with Crippen LogP contribution < -0.4 is 15.5 Å². The lowest BCUT2D eigenvalue weighted by Crippen LogP contribution is -2.40. The number of hydrogen-bond donors (Lipinski definition) is 1. The summed E-state index contributed by atoms with van der Waals surface area (Å²) in [5, 5.41) is 1.60. The number of carbonyl (C=O) groups is 2. The Morgan fingerprint density at radius 2 is 1.67 bits per heavy atom. The first-order valence-corrected chi connectivity index (χ1v) is 22.5. The molecule has 4 aromatic carbocycles. The number of allylic oxidation sites excluding steroid dienone is 3. The Hall–Kier alpha value is -5.66. The average molecular weight is 845 g/mol. The summed E-state index contributed by atoms with van der Waals surface area (Å²) >= 11 is 1.77. The first-order valence-electron chi connectivity index (χ1n) is 20.1. The van der Waals surface area contributed by atoms with Crippen molar-refractivity contribution in [3.05, 3.63) is 154 Å². The van der Waals surface area contributed by atoms with Gasteiger partial charge in [0, 0.05) is 34.6 Å². The van der Waals surface area contributed by atoms with Gasteiger partial charge >= 0.3 is 0 Å². The summed E-state index contributed by atoms with van der Waals surface area (Å²) in [5.74, 6) is -0.947. The summed E-state index contributed by atoms with van der Waals surface area (Å²) in [4.78, 5) is 32.5. The molecule has 5 aromatic rings. The SMILES string of the molecule is NC(=O)CC1C=CC=CS1(=O)=O.O=C(COc1ccc(F)cc1)N(OC1CCCCO1)c1cccc(-c2ccc(C3=Cc4ccc5c(c4CC3)CCc3ccccc3-5)s2)c1. The van der Waals surface area contributed by atoms with E-state index in [-0.39, 0.29) is 24.8 Å². The fraction of sp³-hybridized carbons (Fsp3) is 0.250. The van der Waals surface area contributed by atoms with Crippen molar-refractivity contribution in [1.82, 2.24) is 0 Å². The number of sulfone groups is 1. The zero-order valence-electron chi connectivity index (χ0n) is 32.9.